The minimum atomic E-state index is -0.321. The molecule has 2 rings (SSSR count). The van der Waals surface area contributed by atoms with Gasteiger partial charge >= 0.3 is 0 Å². The van der Waals surface area contributed by atoms with E-state index in [2.05, 4.69) is 0 Å². The van der Waals surface area contributed by atoms with Crippen LogP contribution in [0.2, 0.25) is 0 Å². The monoisotopic (exact) mass is 279 g/mol. The van der Waals surface area contributed by atoms with Crippen LogP contribution >= 0.6 is 0 Å². The van der Waals surface area contributed by atoms with Gasteiger partial charge in [-0.15, -0.1) is 0 Å². The van der Waals surface area contributed by atoms with Gasteiger partial charge in [0.25, 0.3) is 0 Å². The van der Waals surface area contributed by atoms with E-state index in [1.165, 1.54) is 0 Å². The molecule has 4 heteroatoms. The van der Waals surface area contributed by atoms with Crippen LogP contribution in [-0.2, 0) is 9.47 Å². The molecule has 0 amide bonds. The zero-order valence-corrected chi connectivity index (χ0v) is 12.6. The fourth-order valence-electron chi connectivity index (χ4n) is 2.69. The average Bonchev–Trinajstić information content (AvgIpc) is 2.47. The molecule has 0 aliphatic carbocycles. The Labute approximate surface area is 121 Å². The standard InChI is InChI=1S/C16H25NO3/c1-12(2)20-14-6-4-13(5-7-14)15(17)16(18-3)8-10-19-11-9-16/h4-7,12,15H,8-11,17H2,1-3H3. The Hall–Kier alpha value is -1.10. The van der Waals surface area contributed by atoms with Crippen molar-refractivity contribution in [3.05, 3.63) is 29.8 Å². The summed E-state index contributed by atoms with van der Waals surface area (Å²) in [6.07, 6.45) is 1.83. The molecule has 0 bridgehead atoms. The highest BCUT2D eigenvalue weighted by molar-refractivity contribution is 5.30. The van der Waals surface area contributed by atoms with Crippen molar-refractivity contribution in [1.29, 1.82) is 0 Å². The van der Waals surface area contributed by atoms with E-state index in [0.717, 1.165) is 24.2 Å². The molecule has 1 atom stereocenters. The van der Waals surface area contributed by atoms with Gasteiger partial charge in [-0.1, -0.05) is 12.1 Å². The summed E-state index contributed by atoms with van der Waals surface area (Å²) < 4.78 is 16.8. The molecule has 0 spiro atoms. The zero-order valence-electron chi connectivity index (χ0n) is 12.6. The summed E-state index contributed by atoms with van der Waals surface area (Å²) in [6.45, 7) is 5.44. The third-order valence-electron chi connectivity index (χ3n) is 3.92. The van der Waals surface area contributed by atoms with Crippen molar-refractivity contribution < 1.29 is 14.2 Å². The van der Waals surface area contributed by atoms with Crippen LogP contribution in [0.25, 0.3) is 0 Å². The van der Waals surface area contributed by atoms with Crippen molar-refractivity contribution in [2.75, 3.05) is 20.3 Å². The van der Waals surface area contributed by atoms with Crippen molar-refractivity contribution in [3.63, 3.8) is 0 Å². The van der Waals surface area contributed by atoms with Crippen LogP contribution in [0.4, 0.5) is 0 Å². The maximum absolute atomic E-state index is 6.45. The molecular weight excluding hydrogens is 254 g/mol. The van der Waals surface area contributed by atoms with Gasteiger partial charge in [0.1, 0.15) is 5.75 Å². The molecule has 2 N–H and O–H groups in total. The van der Waals surface area contributed by atoms with Gasteiger partial charge in [-0.3, -0.25) is 0 Å². The first-order valence-electron chi connectivity index (χ1n) is 7.22. The van der Waals surface area contributed by atoms with Gasteiger partial charge < -0.3 is 19.9 Å². The molecule has 0 radical (unpaired) electrons. The fraction of sp³-hybridized carbons (Fsp3) is 0.625. The molecule has 0 aromatic heterocycles. The highest BCUT2D eigenvalue weighted by atomic mass is 16.5. The van der Waals surface area contributed by atoms with E-state index in [1.807, 2.05) is 38.1 Å². The lowest BCUT2D eigenvalue weighted by molar-refractivity contribution is -0.105. The third-order valence-corrected chi connectivity index (χ3v) is 3.92. The van der Waals surface area contributed by atoms with E-state index in [4.69, 9.17) is 19.9 Å². The molecule has 20 heavy (non-hydrogen) atoms. The SMILES string of the molecule is COC1(C(N)c2ccc(OC(C)C)cc2)CCOCC1. The molecule has 1 aromatic carbocycles. The van der Waals surface area contributed by atoms with Crippen LogP contribution in [0.15, 0.2) is 24.3 Å². The van der Waals surface area contributed by atoms with Crippen molar-refractivity contribution >= 4 is 0 Å². The Morgan fingerprint density at radius 2 is 1.75 bits per heavy atom. The number of benzene rings is 1. The third kappa shape index (κ3) is 3.32. The predicted molar refractivity (Wildman–Crippen MR) is 78.9 cm³/mol. The normalized spacial score (nSPS) is 19.9. The average molecular weight is 279 g/mol. The molecule has 1 saturated heterocycles. The van der Waals surface area contributed by atoms with E-state index in [-0.39, 0.29) is 17.7 Å². The summed E-state index contributed by atoms with van der Waals surface area (Å²) in [6, 6.07) is 7.84. The van der Waals surface area contributed by atoms with Gasteiger partial charge in [0, 0.05) is 33.2 Å². The summed E-state index contributed by atoms with van der Waals surface area (Å²) in [5.41, 5.74) is 7.20. The Morgan fingerprint density at radius 1 is 1.15 bits per heavy atom. The fourth-order valence-corrected chi connectivity index (χ4v) is 2.69. The minimum Gasteiger partial charge on any atom is -0.491 e. The van der Waals surface area contributed by atoms with E-state index < -0.39 is 0 Å². The van der Waals surface area contributed by atoms with Crippen LogP contribution in [0.5, 0.6) is 5.75 Å². The predicted octanol–water partition coefficient (Wildman–Crippen LogP) is 2.67. The van der Waals surface area contributed by atoms with Crippen molar-refractivity contribution in [3.8, 4) is 5.75 Å². The van der Waals surface area contributed by atoms with Gasteiger partial charge in [-0.2, -0.15) is 0 Å². The second-order valence-electron chi connectivity index (χ2n) is 5.59. The van der Waals surface area contributed by atoms with Crippen LogP contribution in [0.1, 0.15) is 38.3 Å². The largest absolute Gasteiger partial charge is 0.491 e. The lowest BCUT2D eigenvalue weighted by atomic mass is 9.82. The molecule has 1 aliphatic rings. The van der Waals surface area contributed by atoms with Crippen LogP contribution in [-0.4, -0.2) is 32.0 Å². The summed E-state index contributed by atoms with van der Waals surface area (Å²) in [5.74, 6) is 0.870. The summed E-state index contributed by atoms with van der Waals surface area (Å²) in [5, 5.41) is 0. The highest BCUT2D eigenvalue weighted by Gasteiger charge is 2.39. The Balaban J connectivity index is 2.13. The molecular formula is C16H25NO3. The Bertz CT molecular complexity index is 410. The van der Waals surface area contributed by atoms with Gasteiger partial charge in [0.2, 0.25) is 0 Å². The van der Waals surface area contributed by atoms with E-state index >= 15 is 0 Å². The minimum absolute atomic E-state index is 0.149. The molecule has 1 unspecified atom stereocenters. The second kappa shape index (κ2) is 6.57. The van der Waals surface area contributed by atoms with E-state index in [9.17, 15) is 0 Å². The molecule has 0 saturated carbocycles. The van der Waals surface area contributed by atoms with Gasteiger partial charge in [-0.05, 0) is 31.5 Å². The molecule has 1 heterocycles. The number of nitrogens with two attached hydrogens (primary N) is 1. The maximum Gasteiger partial charge on any atom is 0.119 e. The Morgan fingerprint density at radius 3 is 2.25 bits per heavy atom. The van der Waals surface area contributed by atoms with Gasteiger partial charge in [-0.25, -0.2) is 0 Å². The first-order chi connectivity index (χ1) is 9.57. The Kier molecular flexibility index (Phi) is 5.02. The lowest BCUT2D eigenvalue weighted by Crippen LogP contribution is -2.47. The molecule has 112 valence electrons. The summed E-state index contributed by atoms with van der Waals surface area (Å²) in [7, 11) is 1.74. The smallest absolute Gasteiger partial charge is 0.119 e. The van der Waals surface area contributed by atoms with E-state index in [1.54, 1.807) is 7.11 Å². The van der Waals surface area contributed by atoms with Crippen LogP contribution < -0.4 is 10.5 Å². The lowest BCUT2D eigenvalue weighted by Gasteiger charge is -2.40. The van der Waals surface area contributed by atoms with Crippen LogP contribution in [0.3, 0.4) is 0 Å². The maximum atomic E-state index is 6.45. The number of hydrogen-bond acceptors (Lipinski definition) is 4. The second-order valence-corrected chi connectivity index (χ2v) is 5.59. The molecule has 1 aliphatic heterocycles. The van der Waals surface area contributed by atoms with Crippen molar-refractivity contribution in [2.24, 2.45) is 5.73 Å². The van der Waals surface area contributed by atoms with Gasteiger partial charge in [0.15, 0.2) is 0 Å². The molecule has 1 fully saturated rings. The van der Waals surface area contributed by atoms with Crippen molar-refractivity contribution in [1.82, 2.24) is 0 Å². The summed E-state index contributed by atoms with van der Waals surface area (Å²) >= 11 is 0. The number of methoxy groups -OCH3 is 1. The highest BCUT2D eigenvalue weighted by Crippen LogP contribution is 2.36. The summed E-state index contributed by atoms with van der Waals surface area (Å²) in [4.78, 5) is 0. The molecule has 1 aromatic rings. The van der Waals surface area contributed by atoms with Crippen LogP contribution in [0, 0.1) is 0 Å². The topological polar surface area (TPSA) is 53.7 Å². The quantitative estimate of drug-likeness (QED) is 0.900. The number of hydrogen-bond donors (Lipinski definition) is 1. The number of ether oxygens (including phenoxy) is 3. The molecule has 4 nitrogen and oxygen atoms in total. The number of rotatable bonds is 5. The first kappa shape index (κ1) is 15.3. The van der Waals surface area contributed by atoms with E-state index in [0.29, 0.717) is 13.2 Å². The zero-order chi connectivity index (χ0) is 14.6. The first-order valence-corrected chi connectivity index (χ1v) is 7.22. The van der Waals surface area contributed by atoms with Gasteiger partial charge in [0.05, 0.1) is 17.7 Å². The van der Waals surface area contributed by atoms with Crippen molar-refractivity contribution in [2.45, 2.75) is 44.4 Å².